The molecule has 2 heterocycles. The Morgan fingerprint density at radius 3 is 3.00 bits per heavy atom. The highest BCUT2D eigenvalue weighted by molar-refractivity contribution is 6.31. The molecule has 1 aliphatic heterocycles. The standard InChI is InChI=1S/C19H27ClN4O/c1-4-6-17(24-10-5-9-21-13(2)12-24)18-22-16-8-7-14(20)11-15(16)19(25)23(18)3/h7-8,11,13,17,21H,4-6,9-10,12H2,1-3H3/t13-,17?/m1/s1. The summed E-state index contributed by atoms with van der Waals surface area (Å²) in [6, 6.07) is 5.96. The highest BCUT2D eigenvalue weighted by Crippen LogP contribution is 2.26. The van der Waals surface area contributed by atoms with Crippen molar-refractivity contribution in [3.05, 3.63) is 39.4 Å². The molecule has 5 nitrogen and oxygen atoms in total. The van der Waals surface area contributed by atoms with Crippen LogP contribution in [0.4, 0.5) is 0 Å². The van der Waals surface area contributed by atoms with Crippen LogP contribution in [0.2, 0.25) is 5.02 Å². The Morgan fingerprint density at radius 1 is 1.44 bits per heavy atom. The molecule has 1 saturated heterocycles. The molecule has 136 valence electrons. The van der Waals surface area contributed by atoms with E-state index in [1.54, 1.807) is 16.7 Å². The molecular formula is C19H27ClN4O. The van der Waals surface area contributed by atoms with E-state index in [2.05, 4.69) is 24.1 Å². The van der Waals surface area contributed by atoms with E-state index in [0.717, 1.165) is 50.2 Å². The molecule has 0 amide bonds. The number of benzene rings is 1. The van der Waals surface area contributed by atoms with Crippen molar-refractivity contribution >= 4 is 22.5 Å². The van der Waals surface area contributed by atoms with Crippen molar-refractivity contribution in [3.8, 4) is 0 Å². The zero-order valence-electron chi connectivity index (χ0n) is 15.3. The lowest BCUT2D eigenvalue weighted by Gasteiger charge is -2.32. The van der Waals surface area contributed by atoms with Crippen LogP contribution in [0.15, 0.2) is 23.0 Å². The van der Waals surface area contributed by atoms with E-state index >= 15 is 0 Å². The number of hydrogen-bond acceptors (Lipinski definition) is 4. The van der Waals surface area contributed by atoms with E-state index in [1.165, 1.54) is 0 Å². The smallest absolute Gasteiger partial charge is 0.261 e. The summed E-state index contributed by atoms with van der Waals surface area (Å²) in [5.41, 5.74) is 0.703. The van der Waals surface area contributed by atoms with Crippen LogP contribution >= 0.6 is 11.6 Å². The summed E-state index contributed by atoms with van der Waals surface area (Å²) in [5, 5.41) is 4.69. The Balaban J connectivity index is 2.08. The maximum Gasteiger partial charge on any atom is 0.261 e. The van der Waals surface area contributed by atoms with E-state index in [-0.39, 0.29) is 11.6 Å². The van der Waals surface area contributed by atoms with Crippen LogP contribution in [-0.2, 0) is 7.05 Å². The van der Waals surface area contributed by atoms with E-state index in [0.29, 0.717) is 16.5 Å². The van der Waals surface area contributed by atoms with Gasteiger partial charge in [0.25, 0.3) is 5.56 Å². The fraction of sp³-hybridized carbons (Fsp3) is 0.579. The van der Waals surface area contributed by atoms with Gasteiger partial charge in [0, 0.05) is 31.2 Å². The number of nitrogens with zero attached hydrogens (tertiary/aromatic N) is 3. The normalized spacial score (nSPS) is 20.6. The summed E-state index contributed by atoms with van der Waals surface area (Å²) in [6.07, 6.45) is 3.16. The number of rotatable bonds is 4. The molecule has 25 heavy (non-hydrogen) atoms. The molecular weight excluding hydrogens is 336 g/mol. The second kappa shape index (κ2) is 7.85. The highest BCUT2D eigenvalue weighted by Gasteiger charge is 2.26. The fourth-order valence-electron chi connectivity index (χ4n) is 3.73. The Bertz CT molecular complexity index is 804. The third kappa shape index (κ3) is 3.89. The first-order valence-electron chi connectivity index (χ1n) is 9.15. The average molecular weight is 363 g/mol. The minimum atomic E-state index is -0.0235. The van der Waals surface area contributed by atoms with Gasteiger partial charge in [-0.2, -0.15) is 0 Å². The van der Waals surface area contributed by atoms with Gasteiger partial charge in [0.05, 0.1) is 16.9 Å². The van der Waals surface area contributed by atoms with E-state index in [4.69, 9.17) is 16.6 Å². The zero-order chi connectivity index (χ0) is 18.0. The van der Waals surface area contributed by atoms with Crippen molar-refractivity contribution in [2.45, 2.75) is 45.2 Å². The number of hydrogen-bond donors (Lipinski definition) is 1. The summed E-state index contributed by atoms with van der Waals surface area (Å²) >= 11 is 6.06. The zero-order valence-corrected chi connectivity index (χ0v) is 16.0. The molecule has 0 radical (unpaired) electrons. The van der Waals surface area contributed by atoms with Gasteiger partial charge in [-0.15, -0.1) is 0 Å². The molecule has 1 fully saturated rings. The van der Waals surface area contributed by atoms with Gasteiger partial charge in [-0.05, 0) is 44.5 Å². The Hall–Kier alpha value is -1.43. The quantitative estimate of drug-likeness (QED) is 0.907. The molecule has 6 heteroatoms. The topological polar surface area (TPSA) is 50.2 Å². The van der Waals surface area contributed by atoms with Crippen molar-refractivity contribution in [1.29, 1.82) is 0 Å². The van der Waals surface area contributed by atoms with Crippen LogP contribution in [0, 0.1) is 0 Å². The maximum atomic E-state index is 12.9. The molecule has 1 aliphatic rings. The average Bonchev–Trinajstić information content (AvgIpc) is 2.81. The summed E-state index contributed by atoms with van der Waals surface area (Å²) in [7, 11) is 1.83. The molecule has 2 atom stereocenters. The number of fused-ring (bicyclic) bond motifs is 1. The van der Waals surface area contributed by atoms with Gasteiger partial charge in [0.15, 0.2) is 0 Å². The van der Waals surface area contributed by atoms with Crippen molar-refractivity contribution < 1.29 is 0 Å². The molecule has 0 saturated carbocycles. The van der Waals surface area contributed by atoms with Gasteiger partial charge in [-0.3, -0.25) is 14.3 Å². The molecule has 0 spiro atoms. The third-order valence-electron chi connectivity index (χ3n) is 5.00. The van der Waals surface area contributed by atoms with Gasteiger partial charge in [-0.25, -0.2) is 4.98 Å². The van der Waals surface area contributed by atoms with Crippen LogP contribution in [-0.4, -0.2) is 40.1 Å². The fourth-order valence-corrected chi connectivity index (χ4v) is 3.90. The molecule has 3 rings (SSSR count). The molecule has 1 unspecified atom stereocenters. The van der Waals surface area contributed by atoms with Gasteiger partial charge in [0.2, 0.25) is 0 Å². The molecule has 1 aromatic carbocycles. The second-order valence-corrected chi connectivity index (χ2v) is 7.44. The first-order valence-corrected chi connectivity index (χ1v) is 9.52. The van der Waals surface area contributed by atoms with Crippen LogP contribution < -0.4 is 10.9 Å². The molecule has 1 aromatic heterocycles. The van der Waals surface area contributed by atoms with Crippen LogP contribution in [0.5, 0.6) is 0 Å². The SMILES string of the molecule is CCCC(c1nc2ccc(Cl)cc2c(=O)n1C)N1CCCN[C@H](C)C1. The van der Waals surface area contributed by atoms with Crippen molar-refractivity contribution in [3.63, 3.8) is 0 Å². The lowest BCUT2D eigenvalue weighted by Crippen LogP contribution is -2.39. The summed E-state index contributed by atoms with van der Waals surface area (Å²) in [5.74, 6) is 0.857. The predicted octanol–water partition coefficient (Wildman–Crippen LogP) is 3.11. The van der Waals surface area contributed by atoms with E-state index in [9.17, 15) is 4.79 Å². The number of aromatic nitrogens is 2. The van der Waals surface area contributed by atoms with Crippen molar-refractivity contribution in [2.75, 3.05) is 19.6 Å². The molecule has 0 bridgehead atoms. The Morgan fingerprint density at radius 2 is 2.24 bits per heavy atom. The monoisotopic (exact) mass is 362 g/mol. The lowest BCUT2D eigenvalue weighted by molar-refractivity contribution is 0.175. The molecule has 1 N–H and O–H groups in total. The third-order valence-corrected chi connectivity index (χ3v) is 5.23. The van der Waals surface area contributed by atoms with Crippen LogP contribution in [0.1, 0.15) is 45.0 Å². The van der Waals surface area contributed by atoms with Gasteiger partial charge < -0.3 is 5.32 Å². The summed E-state index contributed by atoms with van der Waals surface area (Å²) in [6.45, 7) is 7.44. The van der Waals surface area contributed by atoms with E-state index < -0.39 is 0 Å². The van der Waals surface area contributed by atoms with Gasteiger partial charge in [-0.1, -0.05) is 24.9 Å². The molecule has 2 aromatic rings. The van der Waals surface area contributed by atoms with Crippen molar-refractivity contribution in [2.24, 2.45) is 7.05 Å². The Labute approximate surface area is 154 Å². The first kappa shape index (κ1) is 18.4. The second-order valence-electron chi connectivity index (χ2n) is 7.00. The summed E-state index contributed by atoms with van der Waals surface area (Å²) < 4.78 is 1.71. The molecule has 0 aliphatic carbocycles. The van der Waals surface area contributed by atoms with Crippen molar-refractivity contribution in [1.82, 2.24) is 19.8 Å². The van der Waals surface area contributed by atoms with Gasteiger partial charge >= 0.3 is 0 Å². The first-order chi connectivity index (χ1) is 12.0. The van der Waals surface area contributed by atoms with E-state index in [1.807, 2.05) is 13.1 Å². The largest absolute Gasteiger partial charge is 0.313 e. The predicted molar refractivity (Wildman–Crippen MR) is 103 cm³/mol. The minimum Gasteiger partial charge on any atom is -0.313 e. The number of halogens is 1. The highest BCUT2D eigenvalue weighted by atomic mass is 35.5. The lowest BCUT2D eigenvalue weighted by atomic mass is 10.1. The van der Waals surface area contributed by atoms with Crippen LogP contribution in [0.25, 0.3) is 10.9 Å². The minimum absolute atomic E-state index is 0.0235. The van der Waals surface area contributed by atoms with Gasteiger partial charge in [0.1, 0.15) is 5.82 Å². The summed E-state index contributed by atoms with van der Waals surface area (Å²) in [4.78, 5) is 20.2. The Kier molecular flexibility index (Phi) is 5.77. The number of nitrogens with one attached hydrogen (secondary N) is 1. The van der Waals surface area contributed by atoms with Crippen LogP contribution in [0.3, 0.4) is 0 Å². The maximum absolute atomic E-state index is 12.9.